The summed E-state index contributed by atoms with van der Waals surface area (Å²) in [7, 11) is 1.67. The number of rotatable bonds is 7. The minimum absolute atomic E-state index is 0. The predicted molar refractivity (Wildman–Crippen MR) is 152 cm³/mol. The van der Waals surface area contributed by atoms with Gasteiger partial charge in [-0.1, -0.05) is 56.3 Å². The third-order valence-electron chi connectivity index (χ3n) is 8.82. The summed E-state index contributed by atoms with van der Waals surface area (Å²) in [6, 6.07) is 18.8. The van der Waals surface area contributed by atoms with Crippen LogP contribution in [-0.4, -0.2) is 72.9 Å². The van der Waals surface area contributed by atoms with Crippen molar-refractivity contribution in [2.75, 3.05) is 46.4 Å². The van der Waals surface area contributed by atoms with Crippen molar-refractivity contribution in [3.63, 3.8) is 0 Å². The molecule has 2 aromatic rings. The number of likely N-dealkylation sites (tertiary alicyclic amines) is 3. The highest BCUT2D eigenvalue weighted by Gasteiger charge is 2.45. The molecule has 3 fully saturated rings. The van der Waals surface area contributed by atoms with Crippen LogP contribution < -0.4 is 4.74 Å². The van der Waals surface area contributed by atoms with Gasteiger partial charge in [0.1, 0.15) is 5.75 Å². The van der Waals surface area contributed by atoms with Crippen LogP contribution in [0.4, 0.5) is 0 Å². The van der Waals surface area contributed by atoms with Gasteiger partial charge in [-0.05, 0) is 60.5 Å². The number of methoxy groups -OCH3 is 1. The first-order valence-corrected chi connectivity index (χ1v) is 13.8. The molecule has 0 bridgehead atoms. The molecule has 2 amide bonds. The molecule has 1 spiro atoms. The highest BCUT2D eigenvalue weighted by Crippen LogP contribution is 2.42. The number of halogens is 1. The number of carbonyl (C=O) groups excluding carboxylic acids is 2. The lowest BCUT2D eigenvalue weighted by molar-refractivity contribution is -0.133. The minimum atomic E-state index is 0. The van der Waals surface area contributed by atoms with Crippen LogP contribution in [0.1, 0.15) is 50.2 Å². The molecule has 2 aromatic carbocycles. The van der Waals surface area contributed by atoms with Gasteiger partial charge < -0.3 is 19.4 Å². The standard InChI is InChI=1S/C31H41N3O3.ClH/c1-23(2)30(36)33-20-26(28(21-33)25-7-5-4-6-8-25)19-32-15-13-31(14-16-32)17-29(35)34(22-31)18-24-9-11-27(37-3)12-10-24;/h4-12,23,26,28H,13-22H2,1-3H3;1H/t26-,28+;/m0./s1. The summed E-state index contributed by atoms with van der Waals surface area (Å²) in [6.07, 6.45) is 2.80. The van der Waals surface area contributed by atoms with Crippen molar-refractivity contribution in [3.8, 4) is 5.75 Å². The van der Waals surface area contributed by atoms with Gasteiger partial charge in [-0.3, -0.25) is 9.59 Å². The molecule has 206 valence electrons. The topological polar surface area (TPSA) is 53.1 Å². The summed E-state index contributed by atoms with van der Waals surface area (Å²) < 4.78 is 5.26. The Kier molecular flexibility index (Phi) is 9.04. The van der Waals surface area contributed by atoms with E-state index >= 15 is 0 Å². The Balaban J connectivity index is 0.00000336. The molecular formula is C31H42ClN3O3. The fourth-order valence-corrected chi connectivity index (χ4v) is 6.63. The Morgan fingerprint density at radius 3 is 2.34 bits per heavy atom. The SMILES string of the molecule is COc1ccc(CN2CC3(CCN(C[C@H]4CN(C(=O)C(C)C)C[C@@H]4c4ccccc4)CC3)CC2=O)cc1.Cl. The lowest BCUT2D eigenvalue weighted by atomic mass is 9.77. The number of hydrogen-bond donors (Lipinski definition) is 0. The van der Waals surface area contributed by atoms with Gasteiger partial charge >= 0.3 is 0 Å². The molecule has 7 heteroatoms. The molecule has 38 heavy (non-hydrogen) atoms. The van der Waals surface area contributed by atoms with E-state index in [0.29, 0.717) is 24.8 Å². The molecule has 3 aliphatic rings. The van der Waals surface area contributed by atoms with Gasteiger partial charge in [0.25, 0.3) is 0 Å². The van der Waals surface area contributed by atoms with E-state index in [-0.39, 0.29) is 35.6 Å². The summed E-state index contributed by atoms with van der Waals surface area (Å²) >= 11 is 0. The van der Waals surface area contributed by atoms with Crippen LogP contribution >= 0.6 is 12.4 Å². The third-order valence-corrected chi connectivity index (χ3v) is 8.82. The lowest BCUT2D eigenvalue weighted by Gasteiger charge is -2.40. The van der Waals surface area contributed by atoms with E-state index in [4.69, 9.17) is 4.74 Å². The van der Waals surface area contributed by atoms with E-state index in [2.05, 4.69) is 57.2 Å². The number of carbonyl (C=O) groups is 2. The van der Waals surface area contributed by atoms with Gasteiger partial charge in [0, 0.05) is 51.0 Å². The van der Waals surface area contributed by atoms with Gasteiger partial charge in [-0.25, -0.2) is 0 Å². The Labute approximate surface area is 233 Å². The smallest absolute Gasteiger partial charge is 0.225 e. The Bertz CT molecular complexity index is 1080. The lowest BCUT2D eigenvalue weighted by Crippen LogP contribution is -2.44. The summed E-state index contributed by atoms with van der Waals surface area (Å²) in [6.45, 7) is 10.3. The first kappa shape index (κ1) is 28.4. The minimum Gasteiger partial charge on any atom is -0.497 e. The highest BCUT2D eigenvalue weighted by atomic mass is 35.5. The second-order valence-electron chi connectivity index (χ2n) is 11.8. The molecule has 6 nitrogen and oxygen atoms in total. The molecule has 0 N–H and O–H groups in total. The second kappa shape index (κ2) is 12.1. The average Bonchev–Trinajstić information content (AvgIpc) is 3.46. The van der Waals surface area contributed by atoms with Gasteiger partial charge in [-0.15, -0.1) is 12.4 Å². The van der Waals surface area contributed by atoms with Crippen molar-refractivity contribution in [1.82, 2.24) is 14.7 Å². The van der Waals surface area contributed by atoms with Crippen LogP contribution in [0.15, 0.2) is 54.6 Å². The number of piperidine rings is 1. The Morgan fingerprint density at radius 1 is 1.03 bits per heavy atom. The van der Waals surface area contributed by atoms with Crippen molar-refractivity contribution in [2.45, 2.75) is 45.6 Å². The quantitative estimate of drug-likeness (QED) is 0.506. The molecule has 3 heterocycles. The van der Waals surface area contributed by atoms with Crippen LogP contribution in [-0.2, 0) is 16.1 Å². The first-order chi connectivity index (χ1) is 17.9. The summed E-state index contributed by atoms with van der Waals surface area (Å²) in [4.78, 5) is 32.5. The normalized spacial score (nSPS) is 23.2. The van der Waals surface area contributed by atoms with Gasteiger partial charge in [0.15, 0.2) is 0 Å². The highest BCUT2D eigenvalue weighted by molar-refractivity contribution is 5.85. The van der Waals surface area contributed by atoms with Crippen molar-refractivity contribution in [2.24, 2.45) is 17.3 Å². The van der Waals surface area contributed by atoms with Crippen LogP contribution in [0.5, 0.6) is 5.75 Å². The van der Waals surface area contributed by atoms with E-state index in [0.717, 1.165) is 63.4 Å². The number of amides is 2. The van der Waals surface area contributed by atoms with E-state index in [9.17, 15) is 9.59 Å². The molecule has 3 saturated heterocycles. The number of benzene rings is 2. The van der Waals surface area contributed by atoms with E-state index in [1.165, 1.54) is 5.56 Å². The fraction of sp³-hybridized carbons (Fsp3) is 0.548. The molecule has 0 aliphatic carbocycles. The van der Waals surface area contributed by atoms with Crippen LogP contribution in [0, 0.1) is 17.3 Å². The Morgan fingerprint density at radius 2 is 1.71 bits per heavy atom. The zero-order valence-corrected chi connectivity index (χ0v) is 23.8. The molecule has 2 atom stereocenters. The molecule has 3 aliphatic heterocycles. The van der Waals surface area contributed by atoms with E-state index in [1.54, 1.807) is 7.11 Å². The predicted octanol–water partition coefficient (Wildman–Crippen LogP) is 4.83. The molecule has 0 unspecified atom stereocenters. The molecular weight excluding hydrogens is 498 g/mol. The van der Waals surface area contributed by atoms with Gasteiger partial charge in [0.2, 0.25) is 11.8 Å². The summed E-state index contributed by atoms with van der Waals surface area (Å²) in [5, 5.41) is 0. The van der Waals surface area contributed by atoms with Gasteiger partial charge in [-0.2, -0.15) is 0 Å². The zero-order valence-electron chi connectivity index (χ0n) is 23.0. The van der Waals surface area contributed by atoms with E-state index in [1.807, 2.05) is 26.0 Å². The second-order valence-corrected chi connectivity index (χ2v) is 11.8. The first-order valence-electron chi connectivity index (χ1n) is 13.8. The van der Waals surface area contributed by atoms with Crippen molar-refractivity contribution < 1.29 is 14.3 Å². The molecule has 0 aromatic heterocycles. The van der Waals surface area contributed by atoms with Crippen LogP contribution in [0.3, 0.4) is 0 Å². The zero-order chi connectivity index (χ0) is 26.0. The van der Waals surface area contributed by atoms with E-state index < -0.39 is 0 Å². The van der Waals surface area contributed by atoms with Crippen molar-refractivity contribution >= 4 is 24.2 Å². The van der Waals surface area contributed by atoms with Crippen LogP contribution in [0.25, 0.3) is 0 Å². The number of ether oxygens (including phenoxy) is 1. The summed E-state index contributed by atoms with van der Waals surface area (Å²) in [5.74, 6) is 2.25. The fourth-order valence-electron chi connectivity index (χ4n) is 6.63. The van der Waals surface area contributed by atoms with Crippen molar-refractivity contribution in [3.05, 3.63) is 65.7 Å². The summed E-state index contributed by atoms with van der Waals surface area (Å²) in [5.41, 5.74) is 2.60. The number of hydrogen-bond acceptors (Lipinski definition) is 4. The van der Waals surface area contributed by atoms with Gasteiger partial charge in [0.05, 0.1) is 7.11 Å². The maximum atomic E-state index is 12.9. The molecule has 0 radical (unpaired) electrons. The maximum absolute atomic E-state index is 12.9. The van der Waals surface area contributed by atoms with Crippen molar-refractivity contribution in [1.29, 1.82) is 0 Å². The number of nitrogens with zero attached hydrogens (tertiary/aromatic N) is 3. The Hall–Kier alpha value is -2.57. The monoisotopic (exact) mass is 539 g/mol. The molecule has 5 rings (SSSR count). The van der Waals surface area contributed by atoms with Crippen LogP contribution in [0.2, 0.25) is 0 Å². The largest absolute Gasteiger partial charge is 0.497 e. The maximum Gasteiger partial charge on any atom is 0.225 e. The average molecular weight is 540 g/mol. The molecule has 0 saturated carbocycles. The third kappa shape index (κ3) is 6.18.